The van der Waals surface area contributed by atoms with Gasteiger partial charge in [0, 0.05) is 32.6 Å². The van der Waals surface area contributed by atoms with Crippen molar-refractivity contribution < 1.29 is 14.3 Å². The van der Waals surface area contributed by atoms with Crippen LogP contribution < -0.4 is 5.32 Å². The molecule has 0 aromatic heterocycles. The van der Waals surface area contributed by atoms with E-state index in [4.69, 9.17) is 9.47 Å². The molecule has 2 fully saturated rings. The van der Waals surface area contributed by atoms with Gasteiger partial charge in [0.2, 0.25) is 5.91 Å². The summed E-state index contributed by atoms with van der Waals surface area (Å²) < 4.78 is 11.7. The Labute approximate surface area is 150 Å². The van der Waals surface area contributed by atoms with Gasteiger partial charge >= 0.3 is 0 Å². The fourth-order valence-corrected chi connectivity index (χ4v) is 3.59. The van der Waals surface area contributed by atoms with Crippen LogP contribution in [0.1, 0.15) is 37.3 Å². The molecule has 1 N–H and O–H groups in total. The van der Waals surface area contributed by atoms with Crippen molar-refractivity contribution in [2.75, 3.05) is 32.8 Å². The summed E-state index contributed by atoms with van der Waals surface area (Å²) in [5.74, 6) is 0.0930. The number of morpholine rings is 1. The van der Waals surface area contributed by atoms with Gasteiger partial charge in [-0.3, -0.25) is 9.69 Å². The number of nitrogens with one attached hydrogen (secondary N) is 1. The van der Waals surface area contributed by atoms with Gasteiger partial charge in [-0.25, -0.2) is 0 Å². The molecule has 138 valence electrons. The molecule has 0 unspecified atom stereocenters. The summed E-state index contributed by atoms with van der Waals surface area (Å²) in [4.78, 5) is 13.9. The van der Waals surface area contributed by atoms with E-state index in [0.717, 1.165) is 57.7 Å². The standard InChI is InChI=1S/C20H30N2O3/c1-2-20(23)21-14-17-5-3-4-16(12-17)13-18-6-7-19(25-18)15-22-8-10-24-11-9-22/h3-5,12,18-19H,2,6-11,13-15H2,1H3,(H,21,23)/t18-,19+/m0/s1. The number of carbonyl (C=O) groups is 1. The smallest absolute Gasteiger partial charge is 0.219 e. The molecule has 2 heterocycles. The first-order chi connectivity index (χ1) is 12.2. The predicted molar refractivity (Wildman–Crippen MR) is 97.4 cm³/mol. The first-order valence-corrected chi connectivity index (χ1v) is 9.53. The number of ether oxygens (including phenoxy) is 2. The van der Waals surface area contributed by atoms with Gasteiger partial charge in [-0.2, -0.15) is 0 Å². The quantitative estimate of drug-likeness (QED) is 0.822. The van der Waals surface area contributed by atoms with Gasteiger partial charge in [-0.05, 0) is 30.4 Å². The third-order valence-corrected chi connectivity index (χ3v) is 5.03. The number of rotatable bonds is 7. The van der Waals surface area contributed by atoms with E-state index in [1.807, 2.05) is 6.92 Å². The lowest BCUT2D eigenvalue weighted by Crippen LogP contribution is -2.41. The average molecular weight is 346 g/mol. The molecule has 2 saturated heterocycles. The van der Waals surface area contributed by atoms with Gasteiger partial charge in [0.1, 0.15) is 0 Å². The van der Waals surface area contributed by atoms with Gasteiger partial charge in [0.25, 0.3) is 0 Å². The highest BCUT2D eigenvalue weighted by Gasteiger charge is 2.27. The number of carbonyl (C=O) groups excluding carboxylic acids is 1. The molecule has 0 radical (unpaired) electrons. The van der Waals surface area contributed by atoms with E-state index in [0.29, 0.717) is 25.2 Å². The van der Waals surface area contributed by atoms with Crippen LogP contribution in [0.2, 0.25) is 0 Å². The molecular formula is C20H30N2O3. The molecule has 2 aliphatic heterocycles. The van der Waals surface area contributed by atoms with E-state index in [2.05, 4.69) is 34.5 Å². The molecule has 0 bridgehead atoms. The van der Waals surface area contributed by atoms with E-state index in [-0.39, 0.29) is 5.91 Å². The summed E-state index contributed by atoms with van der Waals surface area (Å²) in [6.07, 6.45) is 4.43. The van der Waals surface area contributed by atoms with Crippen LogP contribution in [0.4, 0.5) is 0 Å². The first kappa shape index (κ1) is 18.4. The zero-order valence-corrected chi connectivity index (χ0v) is 15.2. The highest BCUT2D eigenvalue weighted by Crippen LogP contribution is 2.24. The SMILES string of the molecule is CCC(=O)NCc1cccc(C[C@@H]2CC[C@H](CN3CCOCC3)O2)c1. The summed E-state index contributed by atoms with van der Waals surface area (Å²) in [5, 5.41) is 2.94. The summed E-state index contributed by atoms with van der Waals surface area (Å²) >= 11 is 0. The number of hydrogen-bond acceptors (Lipinski definition) is 4. The van der Waals surface area contributed by atoms with Crippen molar-refractivity contribution in [2.24, 2.45) is 0 Å². The van der Waals surface area contributed by atoms with Crippen LogP contribution in [0.5, 0.6) is 0 Å². The van der Waals surface area contributed by atoms with Gasteiger partial charge in [0.15, 0.2) is 0 Å². The molecular weight excluding hydrogens is 316 g/mol. The minimum absolute atomic E-state index is 0.0930. The van der Waals surface area contributed by atoms with E-state index in [1.54, 1.807) is 0 Å². The third-order valence-electron chi connectivity index (χ3n) is 5.03. The summed E-state index contributed by atoms with van der Waals surface area (Å²) in [6.45, 7) is 7.24. The van der Waals surface area contributed by atoms with E-state index >= 15 is 0 Å². The molecule has 0 spiro atoms. The molecule has 1 aromatic rings. The normalized spacial score (nSPS) is 24.4. The molecule has 0 aliphatic carbocycles. The van der Waals surface area contributed by atoms with Crippen molar-refractivity contribution in [3.05, 3.63) is 35.4 Å². The Morgan fingerprint density at radius 1 is 1.20 bits per heavy atom. The lowest BCUT2D eigenvalue weighted by atomic mass is 10.0. The molecule has 0 saturated carbocycles. The minimum Gasteiger partial charge on any atom is -0.379 e. The number of hydrogen-bond donors (Lipinski definition) is 1. The summed E-state index contributed by atoms with van der Waals surface area (Å²) in [7, 11) is 0. The lowest BCUT2D eigenvalue weighted by molar-refractivity contribution is -0.120. The van der Waals surface area contributed by atoms with Crippen LogP contribution in [0.15, 0.2) is 24.3 Å². The molecule has 5 nitrogen and oxygen atoms in total. The van der Waals surface area contributed by atoms with Crippen molar-refractivity contribution in [2.45, 2.75) is 51.4 Å². The molecule has 2 aliphatic rings. The monoisotopic (exact) mass is 346 g/mol. The van der Waals surface area contributed by atoms with Crippen molar-refractivity contribution >= 4 is 5.91 Å². The summed E-state index contributed by atoms with van der Waals surface area (Å²) in [5.41, 5.74) is 2.45. The Balaban J connectivity index is 1.45. The molecule has 3 rings (SSSR count). The molecule has 1 aromatic carbocycles. The van der Waals surface area contributed by atoms with Gasteiger partial charge < -0.3 is 14.8 Å². The predicted octanol–water partition coefficient (Wildman–Crippen LogP) is 2.14. The Kier molecular flexibility index (Phi) is 6.84. The number of nitrogens with zero attached hydrogens (tertiary/aromatic N) is 1. The highest BCUT2D eigenvalue weighted by atomic mass is 16.5. The maximum atomic E-state index is 11.4. The highest BCUT2D eigenvalue weighted by molar-refractivity contribution is 5.75. The zero-order valence-electron chi connectivity index (χ0n) is 15.2. The van der Waals surface area contributed by atoms with Crippen LogP contribution in [-0.4, -0.2) is 55.9 Å². The number of benzene rings is 1. The number of amides is 1. The largest absolute Gasteiger partial charge is 0.379 e. The van der Waals surface area contributed by atoms with Crippen LogP contribution in [0, 0.1) is 0 Å². The second kappa shape index (κ2) is 9.32. The third kappa shape index (κ3) is 5.80. The Morgan fingerprint density at radius 2 is 1.96 bits per heavy atom. The molecule has 25 heavy (non-hydrogen) atoms. The van der Waals surface area contributed by atoms with Crippen molar-refractivity contribution in [3.8, 4) is 0 Å². The van der Waals surface area contributed by atoms with Crippen LogP contribution in [0.25, 0.3) is 0 Å². The Morgan fingerprint density at radius 3 is 2.76 bits per heavy atom. The Hall–Kier alpha value is -1.43. The average Bonchev–Trinajstić information content (AvgIpc) is 3.07. The zero-order chi connectivity index (χ0) is 17.5. The second-order valence-electron chi connectivity index (χ2n) is 7.02. The Bertz CT molecular complexity index is 558. The molecule has 5 heteroatoms. The van der Waals surface area contributed by atoms with E-state index in [1.165, 1.54) is 5.56 Å². The van der Waals surface area contributed by atoms with Crippen LogP contribution in [-0.2, 0) is 27.2 Å². The van der Waals surface area contributed by atoms with Gasteiger partial charge in [0.05, 0.1) is 25.4 Å². The van der Waals surface area contributed by atoms with Crippen molar-refractivity contribution in [1.82, 2.24) is 10.2 Å². The van der Waals surface area contributed by atoms with E-state index < -0.39 is 0 Å². The minimum atomic E-state index is 0.0930. The lowest BCUT2D eigenvalue weighted by Gasteiger charge is -2.28. The topological polar surface area (TPSA) is 50.8 Å². The molecule has 1 amide bonds. The molecule has 2 atom stereocenters. The van der Waals surface area contributed by atoms with Crippen molar-refractivity contribution in [1.29, 1.82) is 0 Å². The fraction of sp³-hybridized carbons (Fsp3) is 0.650. The van der Waals surface area contributed by atoms with Crippen molar-refractivity contribution in [3.63, 3.8) is 0 Å². The van der Waals surface area contributed by atoms with Gasteiger partial charge in [-0.1, -0.05) is 31.2 Å². The second-order valence-corrected chi connectivity index (χ2v) is 7.02. The van der Waals surface area contributed by atoms with Crippen LogP contribution >= 0.6 is 0 Å². The maximum absolute atomic E-state index is 11.4. The van der Waals surface area contributed by atoms with Crippen LogP contribution in [0.3, 0.4) is 0 Å². The van der Waals surface area contributed by atoms with E-state index in [9.17, 15) is 4.79 Å². The fourth-order valence-electron chi connectivity index (χ4n) is 3.59. The maximum Gasteiger partial charge on any atom is 0.219 e. The van der Waals surface area contributed by atoms with Gasteiger partial charge in [-0.15, -0.1) is 0 Å². The summed E-state index contributed by atoms with van der Waals surface area (Å²) in [6, 6.07) is 8.48. The first-order valence-electron chi connectivity index (χ1n) is 9.53.